The summed E-state index contributed by atoms with van der Waals surface area (Å²) in [7, 11) is 0. The van der Waals surface area contributed by atoms with E-state index >= 15 is 0 Å². The molecule has 0 spiro atoms. The Morgan fingerprint density at radius 3 is 2.93 bits per heavy atom. The summed E-state index contributed by atoms with van der Waals surface area (Å²) in [5.41, 5.74) is 0. The fraction of sp³-hybridized carbons (Fsp3) is 0.800. The first-order valence-electron chi connectivity index (χ1n) is 5.33. The Hall–Kier alpha value is -1.26. The highest BCUT2D eigenvalue weighted by atomic mass is 16.6. The molecule has 0 radical (unpaired) electrons. The molecule has 1 N–H and O–H groups in total. The van der Waals surface area contributed by atoms with E-state index in [-0.39, 0.29) is 12.6 Å². The van der Waals surface area contributed by atoms with Crippen LogP contribution in [0.1, 0.15) is 25.7 Å². The number of carbonyl (C=O) groups excluding carboxylic acids is 1. The number of amides is 1. The van der Waals surface area contributed by atoms with Crippen molar-refractivity contribution in [2.45, 2.75) is 31.7 Å². The predicted octanol–water partition coefficient (Wildman–Crippen LogP) is 1.08. The molecule has 1 aliphatic carbocycles. The molecule has 2 atom stereocenters. The molecule has 2 fully saturated rings. The lowest BCUT2D eigenvalue weighted by Crippen LogP contribution is -2.53. The lowest BCUT2D eigenvalue weighted by molar-refractivity contribution is -0.140. The van der Waals surface area contributed by atoms with Gasteiger partial charge in [0.1, 0.15) is 6.54 Å². The van der Waals surface area contributed by atoms with E-state index in [0.717, 1.165) is 25.7 Å². The summed E-state index contributed by atoms with van der Waals surface area (Å²) < 4.78 is 4.98. The molecule has 1 saturated heterocycles. The maximum atomic E-state index is 11.4. The highest BCUT2D eigenvalue weighted by molar-refractivity contribution is 5.77. The second-order valence-electron chi connectivity index (χ2n) is 4.21. The molecule has 2 rings (SSSR count). The predicted molar refractivity (Wildman–Crippen MR) is 51.4 cm³/mol. The van der Waals surface area contributed by atoms with Crippen LogP contribution >= 0.6 is 0 Å². The first kappa shape index (κ1) is 10.3. The Labute approximate surface area is 88.0 Å². The second kappa shape index (κ2) is 4.08. The van der Waals surface area contributed by atoms with Crippen molar-refractivity contribution < 1.29 is 19.4 Å². The van der Waals surface area contributed by atoms with Crippen molar-refractivity contribution in [2.75, 3.05) is 13.2 Å². The summed E-state index contributed by atoms with van der Waals surface area (Å²) in [6, 6.07) is 0.0797. The lowest BCUT2D eigenvalue weighted by Gasteiger charge is -2.42. The highest BCUT2D eigenvalue weighted by Crippen LogP contribution is 2.32. The standard InChI is InChI=1S/C10H15NO4/c12-9(13)5-11-8-4-2-1-3-7(8)6-15-10(11)14/h7-8H,1-6H2,(H,12,13). The van der Waals surface area contributed by atoms with Crippen LogP contribution in [0.2, 0.25) is 0 Å². The SMILES string of the molecule is O=C(O)CN1C(=O)OCC2CCCCC21. The van der Waals surface area contributed by atoms with Crippen LogP contribution in [-0.4, -0.2) is 41.3 Å². The van der Waals surface area contributed by atoms with Gasteiger partial charge in [-0.15, -0.1) is 0 Å². The Bertz CT molecular complexity index is 279. The molecule has 0 aromatic carbocycles. The quantitative estimate of drug-likeness (QED) is 0.745. The number of carboxylic acid groups (broad SMARTS) is 1. The third-order valence-electron chi connectivity index (χ3n) is 3.23. The van der Waals surface area contributed by atoms with E-state index in [1.807, 2.05) is 0 Å². The van der Waals surface area contributed by atoms with Crippen molar-refractivity contribution in [1.82, 2.24) is 4.90 Å². The van der Waals surface area contributed by atoms with Crippen LogP contribution in [0.25, 0.3) is 0 Å². The van der Waals surface area contributed by atoms with E-state index < -0.39 is 12.1 Å². The van der Waals surface area contributed by atoms with Gasteiger partial charge in [0.25, 0.3) is 0 Å². The van der Waals surface area contributed by atoms with Crippen LogP contribution in [0.15, 0.2) is 0 Å². The monoisotopic (exact) mass is 213 g/mol. The van der Waals surface area contributed by atoms with Crippen molar-refractivity contribution in [3.05, 3.63) is 0 Å². The summed E-state index contributed by atoms with van der Waals surface area (Å²) in [6.45, 7) is 0.222. The van der Waals surface area contributed by atoms with Crippen LogP contribution in [-0.2, 0) is 9.53 Å². The average molecular weight is 213 g/mol. The van der Waals surface area contributed by atoms with Gasteiger partial charge in [-0.2, -0.15) is 0 Å². The minimum absolute atomic E-state index is 0.0797. The Kier molecular flexibility index (Phi) is 2.79. The molecule has 0 aromatic rings. The molecule has 0 aromatic heterocycles. The van der Waals surface area contributed by atoms with Gasteiger partial charge in [-0.1, -0.05) is 12.8 Å². The smallest absolute Gasteiger partial charge is 0.410 e. The number of cyclic esters (lactones) is 1. The van der Waals surface area contributed by atoms with Gasteiger partial charge in [-0.25, -0.2) is 4.79 Å². The Balaban J connectivity index is 2.09. The summed E-state index contributed by atoms with van der Waals surface area (Å²) in [4.78, 5) is 23.4. The highest BCUT2D eigenvalue weighted by Gasteiger charge is 2.39. The van der Waals surface area contributed by atoms with Crippen molar-refractivity contribution in [3.63, 3.8) is 0 Å². The molecule has 0 bridgehead atoms. The maximum Gasteiger partial charge on any atom is 0.410 e. The van der Waals surface area contributed by atoms with Gasteiger partial charge in [0.15, 0.2) is 0 Å². The van der Waals surface area contributed by atoms with Crippen molar-refractivity contribution in [2.24, 2.45) is 5.92 Å². The topological polar surface area (TPSA) is 66.8 Å². The number of hydrogen-bond donors (Lipinski definition) is 1. The van der Waals surface area contributed by atoms with E-state index in [2.05, 4.69) is 0 Å². The van der Waals surface area contributed by atoms with Gasteiger partial charge in [-0.05, 0) is 12.8 Å². The number of nitrogens with zero attached hydrogens (tertiary/aromatic N) is 1. The third-order valence-corrected chi connectivity index (χ3v) is 3.23. The molecular weight excluding hydrogens is 198 g/mol. The molecule has 84 valence electrons. The normalized spacial score (nSPS) is 30.7. The molecule has 5 heteroatoms. The van der Waals surface area contributed by atoms with Gasteiger partial charge >= 0.3 is 12.1 Å². The number of aliphatic carboxylic acids is 1. The fourth-order valence-electron chi connectivity index (χ4n) is 2.52. The number of hydrogen-bond acceptors (Lipinski definition) is 3. The van der Waals surface area contributed by atoms with E-state index in [0.29, 0.717) is 12.5 Å². The first-order chi connectivity index (χ1) is 7.18. The van der Waals surface area contributed by atoms with Crippen LogP contribution < -0.4 is 0 Å². The molecule has 2 unspecified atom stereocenters. The largest absolute Gasteiger partial charge is 0.480 e. The zero-order valence-corrected chi connectivity index (χ0v) is 8.52. The van der Waals surface area contributed by atoms with E-state index in [1.165, 1.54) is 4.90 Å². The number of carbonyl (C=O) groups is 2. The van der Waals surface area contributed by atoms with E-state index in [9.17, 15) is 9.59 Å². The average Bonchev–Trinajstić information content (AvgIpc) is 2.22. The summed E-state index contributed by atoms with van der Waals surface area (Å²) in [5, 5.41) is 8.72. The van der Waals surface area contributed by atoms with E-state index in [1.54, 1.807) is 0 Å². The molecule has 1 aliphatic heterocycles. The van der Waals surface area contributed by atoms with Gasteiger partial charge < -0.3 is 9.84 Å². The van der Waals surface area contributed by atoms with Crippen LogP contribution in [0.3, 0.4) is 0 Å². The van der Waals surface area contributed by atoms with Crippen molar-refractivity contribution >= 4 is 12.1 Å². The molecule has 15 heavy (non-hydrogen) atoms. The van der Waals surface area contributed by atoms with Crippen LogP contribution in [0, 0.1) is 5.92 Å². The second-order valence-corrected chi connectivity index (χ2v) is 4.21. The number of carboxylic acids is 1. The molecule has 1 amide bonds. The van der Waals surface area contributed by atoms with E-state index in [4.69, 9.17) is 9.84 Å². The van der Waals surface area contributed by atoms with Crippen LogP contribution in [0.4, 0.5) is 4.79 Å². The molecule has 5 nitrogen and oxygen atoms in total. The minimum Gasteiger partial charge on any atom is -0.480 e. The third kappa shape index (κ3) is 2.06. The first-order valence-corrected chi connectivity index (χ1v) is 5.33. The molecule has 2 aliphatic rings. The molecule has 1 heterocycles. The van der Waals surface area contributed by atoms with Crippen LogP contribution in [0.5, 0.6) is 0 Å². The zero-order chi connectivity index (χ0) is 10.8. The Morgan fingerprint density at radius 1 is 1.47 bits per heavy atom. The summed E-state index contributed by atoms with van der Waals surface area (Å²) in [5.74, 6) is -0.644. The summed E-state index contributed by atoms with van der Waals surface area (Å²) >= 11 is 0. The van der Waals surface area contributed by atoms with Gasteiger partial charge in [0.05, 0.1) is 6.61 Å². The van der Waals surface area contributed by atoms with Gasteiger partial charge in [0.2, 0.25) is 0 Å². The maximum absolute atomic E-state index is 11.4. The molecule has 1 saturated carbocycles. The summed E-state index contributed by atoms with van der Waals surface area (Å²) in [6.07, 6.45) is 3.70. The van der Waals surface area contributed by atoms with Crippen molar-refractivity contribution in [1.29, 1.82) is 0 Å². The lowest BCUT2D eigenvalue weighted by atomic mass is 9.83. The molecular formula is C10H15NO4. The number of ether oxygens (including phenoxy) is 1. The van der Waals surface area contributed by atoms with Crippen molar-refractivity contribution in [3.8, 4) is 0 Å². The van der Waals surface area contributed by atoms with Gasteiger partial charge in [0, 0.05) is 12.0 Å². The number of rotatable bonds is 2. The zero-order valence-electron chi connectivity index (χ0n) is 8.52. The number of fused-ring (bicyclic) bond motifs is 1. The Morgan fingerprint density at radius 2 is 2.20 bits per heavy atom. The minimum atomic E-state index is -0.974. The van der Waals surface area contributed by atoms with Gasteiger partial charge in [-0.3, -0.25) is 9.69 Å². The fourth-order valence-corrected chi connectivity index (χ4v) is 2.52.